The average Bonchev–Trinajstić information content (AvgIpc) is 3.39. The standard InChI is InChI=1S/C21H18N8O/c1-14-3-2-4-17(27-14)20(30)28-11-21(12-28,6-7-22)29-10-15(9-26-29)18-16-5-8-23-19(16)25-13-24-18/h2-5,8-10,13H,6,11-12H2,1H3,(H,23,24,25). The van der Waals surface area contributed by atoms with Crippen LogP contribution < -0.4 is 0 Å². The predicted molar refractivity (Wildman–Crippen MR) is 108 cm³/mol. The molecule has 1 N–H and O–H groups in total. The predicted octanol–water partition coefficient (Wildman–Crippen LogP) is 2.29. The summed E-state index contributed by atoms with van der Waals surface area (Å²) >= 11 is 0. The van der Waals surface area contributed by atoms with Gasteiger partial charge in [-0.3, -0.25) is 9.48 Å². The number of likely N-dealkylation sites (tertiary alicyclic amines) is 1. The summed E-state index contributed by atoms with van der Waals surface area (Å²) in [6.07, 6.45) is 7.20. The summed E-state index contributed by atoms with van der Waals surface area (Å²) in [6.45, 7) is 2.66. The molecule has 0 aliphatic carbocycles. The smallest absolute Gasteiger partial charge is 0.272 e. The third-order valence-electron chi connectivity index (χ3n) is 5.47. The summed E-state index contributed by atoms with van der Waals surface area (Å²) in [4.78, 5) is 30.5. The zero-order chi connectivity index (χ0) is 20.7. The Balaban J connectivity index is 1.42. The van der Waals surface area contributed by atoms with Gasteiger partial charge in [0.2, 0.25) is 0 Å². The second-order valence-electron chi connectivity index (χ2n) is 7.52. The SMILES string of the molecule is Cc1cccc(C(=O)N2CC(CC#N)(n3cc(-c4ncnc5[nH]ccc45)cn3)C2)n1. The molecule has 9 nitrogen and oxygen atoms in total. The van der Waals surface area contributed by atoms with Crippen LogP contribution >= 0.6 is 0 Å². The number of carbonyl (C=O) groups is 1. The van der Waals surface area contributed by atoms with Crippen molar-refractivity contribution < 1.29 is 4.79 Å². The van der Waals surface area contributed by atoms with E-state index in [0.29, 0.717) is 18.8 Å². The van der Waals surface area contributed by atoms with E-state index >= 15 is 0 Å². The first-order valence-corrected chi connectivity index (χ1v) is 9.53. The highest BCUT2D eigenvalue weighted by atomic mass is 16.2. The van der Waals surface area contributed by atoms with Gasteiger partial charge in [0, 0.05) is 42.1 Å². The lowest BCUT2D eigenvalue weighted by Gasteiger charge is -2.48. The quantitative estimate of drug-likeness (QED) is 0.564. The van der Waals surface area contributed by atoms with Crippen molar-refractivity contribution in [2.45, 2.75) is 18.9 Å². The van der Waals surface area contributed by atoms with E-state index in [2.05, 4.69) is 31.1 Å². The third kappa shape index (κ3) is 2.81. The van der Waals surface area contributed by atoms with Crippen molar-refractivity contribution >= 4 is 16.9 Å². The Labute approximate surface area is 172 Å². The van der Waals surface area contributed by atoms with Crippen molar-refractivity contribution in [3.8, 4) is 17.3 Å². The molecule has 5 heterocycles. The van der Waals surface area contributed by atoms with Gasteiger partial charge in [-0.15, -0.1) is 0 Å². The molecule has 4 aromatic rings. The second kappa shape index (κ2) is 6.77. The Morgan fingerprint density at radius 2 is 2.17 bits per heavy atom. The maximum Gasteiger partial charge on any atom is 0.272 e. The van der Waals surface area contributed by atoms with Crippen LogP contribution in [0.1, 0.15) is 22.6 Å². The Morgan fingerprint density at radius 1 is 1.30 bits per heavy atom. The molecule has 0 spiro atoms. The number of hydrogen-bond donors (Lipinski definition) is 1. The van der Waals surface area contributed by atoms with Crippen molar-refractivity contribution in [3.63, 3.8) is 0 Å². The highest BCUT2D eigenvalue weighted by Gasteiger charge is 2.48. The van der Waals surface area contributed by atoms with Gasteiger partial charge in [-0.1, -0.05) is 6.07 Å². The van der Waals surface area contributed by atoms with Crippen molar-refractivity contribution in [1.29, 1.82) is 5.26 Å². The summed E-state index contributed by atoms with van der Waals surface area (Å²) in [5, 5.41) is 14.8. The molecule has 1 amide bonds. The number of nitrogens with one attached hydrogen (secondary N) is 1. The Kier molecular flexibility index (Phi) is 4.06. The van der Waals surface area contributed by atoms with Crippen LogP contribution in [-0.4, -0.2) is 53.6 Å². The first-order valence-electron chi connectivity index (χ1n) is 9.53. The third-order valence-corrected chi connectivity index (χ3v) is 5.47. The van der Waals surface area contributed by atoms with E-state index in [1.165, 1.54) is 6.33 Å². The molecule has 0 radical (unpaired) electrons. The lowest BCUT2D eigenvalue weighted by molar-refractivity contribution is 0.00811. The minimum atomic E-state index is -0.559. The molecule has 0 aromatic carbocycles. The van der Waals surface area contributed by atoms with Gasteiger partial charge in [-0.05, 0) is 25.1 Å². The molecule has 0 unspecified atom stereocenters. The van der Waals surface area contributed by atoms with Crippen LogP contribution in [0.4, 0.5) is 0 Å². The van der Waals surface area contributed by atoms with Crippen LogP contribution in [0, 0.1) is 18.3 Å². The van der Waals surface area contributed by atoms with Crippen LogP contribution in [-0.2, 0) is 5.54 Å². The van der Waals surface area contributed by atoms with Gasteiger partial charge in [-0.2, -0.15) is 10.4 Å². The summed E-state index contributed by atoms with van der Waals surface area (Å²) in [5.41, 5.74) is 3.02. The molecular weight excluding hydrogens is 380 g/mol. The van der Waals surface area contributed by atoms with Crippen LogP contribution in [0.15, 0.2) is 49.2 Å². The van der Waals surface area contributed by atoms with Gasteiger partial charge < -0.3 is 9.88 Å². The number of nitriles is 1. The number of aryl methyl sites for hydroxylation is 1. The fourth-order valence-electron chi connectivity index (χ4n) is 3.92. The minimum Gasteiger partial charge on any atom is -0.346 e. The van der Waals surface area contributed by atoms with Gasteiger partial charge >= 0.3 is 0 Å². The van der Waals surface area contributed by atoms with Crippen molar-refractivity contribution in [1.82, 2.24) is 34.6 Å². The fraction of sp³-hybridized carbons (Fsp3) is 0.238. The van der Waals surface area contributed by atoms with Crippen molar-refractivity contribution in [2.75, 3.05) is 13.1 Å². The number of H-pyrrole nitrogens is 1. The summed E-state index contributed by atoms with van der Waals surface area (Å²) in [6, 6.07) is 9.55. The zero-order valence-corrected chi connectivity index (χ0v) is 16.3. The molecule has 1 fully saturated rings. The van der Waals surface area contributed by atoms with E-state index in [1.807, 2.05) is 37.5 Å². The molecule has 1 saturated heterocycles. The highest BCUT2D eigenvalue weighted by Crippen LogP contribution is 2.34. The fourth-order valence-corrected chi connectivity index (χ4v) is 3.92. The molecule has 0 saturated carbocycles. The number of rotatable bonds is 4. The van der Waals surface area contributed by atoms with Gasteiger partial charge in [0.15, 0.2) is 0 Å². The number of aromatic amines is 1. The van der Waals surface area contributed by atoms with Crippen LogP contribution in [0.2, 0.25) is 0 Å². The largest absolute Gasteiger partial charge is 0.346 e. The van der Waals surface area contributed by atoms with E-state index < -0.39 is 5.54 Å². The number of hydrogen-bond acceptors (Lipinski definition) is 6. The zero-order valence-electron chi connectivity index (χ0n) is 16.3. The molecule has 0 atom stereocenters. The molecule has 1 aliphatic rings. The Morgan fingerprint density at radius 3 is 2.97 bits per heavy atom. The number of nitrogens with zero attached hydrogens (tertiary/aromatic N) is 7. The molecule has 9 heteroatoms. The van der Waals surface area contributed by atoms with Crippen molar-refractivity contribution in [2.24, 2.45) is 0 Å². The number of pyridine rings is 1. The van der Waals surface area contributed by atoms with E-state index in [0.717, 1.165) is 28.0 Å². The monoisotopic (exact) mass is 398 g/mol. The Hall–Kier alpha value is -4.06. The molecule has 4 aromatic heterocycles. The number of fused-ring (bicyclic) bond motifs is 1. The summed E-state index contributed by atoms with van der Waals surface area (Å²) in [5.74, 6) is -0.135. The maximum absolute atomic E-state index is 12.8. The summed E-state index contributed by atoms with van der Waals surface area (Å²) in [7, 11) is 0. The van der Waals surface area contributed by atoms with Gasteiger partial charge in [0.05, 0.1) is 24.4 Å². The lowest BCUT2D eigenvalue weighted by Crippen LogP contribution is -2.64. The van der Waals surface area contributed by atoms with E-state index in [1.54, 1.807) is 21.8 Å². The van der Waals surface area contributed by atoms with Crippen molar-refractivity contribution in [3.05, 3.63) is 60.6 Å². The van der Waals surface area contributed by atoms with Crippen LogP contribution in [0.3, 0.4) is 0 Å². The first-order chi connectivity index (χ1) is 14.6. The highest BCUT2D eigenvalue weighted by molar-refractivity contribution is 5.93. The van der Waals surface area contributed by atoms with Gasteiger partial charge in [-0.25, -0.2) is 15.0 Å². The molecule has 1 aliphatic heterocycles. The molecule has 148 valence electrons. The number of aromatic nitrogens is 6. The topological polar surface area (TPSA) is 116 Å². The van der Waals surface area contributed by atoms with Crippen LogP contribution in [0.5, 0.6) is 0 Å². The summed E-state index contributed by atoms with van der Waals surface area (Å²) < 4.78 is 1.79. The van der Waals surface area contributed by atoms with Crippen LogP contribution in [0.25, 0.3) is 22.3 Å². The van der Waals surface area contributed by atoms with E-state index in [-0.39, 0.29) is 12.3 Å². The number of carbonyl (C=O) groups excluding carboxylic acids is 1. The lowest BCUT2D eigenvalue weighted by atomic mass is 9.86. The normalized spacial score (nSPS) is 15.0. The first kappa shape index (κ1) is 18.0. The molecule has 5 rings (SSSR count). The van der Waals surface area contributed by atoms with Gasteiger partial charge in [0.25, 0.3) is 5.91 Å². The molecule has 30 heavy (non-hydrogen) atoms. The minimum absolute atomic E-state index is 0.135. The maximum atomic E-state index is 12.8. The van der Waals surface area contributed by atoms with E-state index in [9.17, 15) is 10.1 Å². The van der Waals surface area contributed by atoms with E-state index in [4.69, 9.17) is 0 Å². The second-order valence-corrected chi connectivity index (χ2v) is 7.52. The van der Waals surface area contributed by atoms with Gasteiger partial charge in [0.1, 0.15) is 23.2 Å². The average molecular weight is 398 g/mol. The Bertz CT molecular complexity index is 1290. The molecular formula is C21H18N8O. The number of amides is 1. The molecule has 0 bridgehead atoms.